The Labute approximate surface area is 98.2 Å². The minimum absolute atomic E-state index is 0.0133. The van der Waals surface area contributed by atoms with Crippen LogP contribution in [0.2, 0.25) is 0 Å². The number of rotatable bonds is 6. The highest BCUT2D eigenvalue weighted by atomic mass is 32.2. The van der Waals surface area contributed by atoms with Crippen molar-refractivity contribution < 1.29 is 18.9 Å². The molecule has 0 saturated heterocycles. The van der Waals surface area contributed by atoms with Gasteiger partial charge in [-0.3, -0.25) is 13.8 Å². The van der Waals surface area contributed by atoms with Crippen molar-refractivity contribution in [3.05, 3.63) is 11.6 Å². The van der Waals surface area contributed by atoms with Crippen LogP contribution in [-0.4, -0.2) is 37.7 Å². The Balaban J connectivity index is 2.29. The number of carboxylic acid groups (broad SMARTS) is 1. The van der Waals surface area contributed by atoms with E-state index in [2.05, 4.69) is 10.3 Å². The maximum atomic E-state index is 11.3. The topological polar surface area (TPSA) is 96.4 Å². The first kappa shape index (κ1) is 12.8. The summed E-state index contributed by atoms with van der Waals surface area (Å²) in [6.07, 6.45) is 1.35. The van der Waals surface area contributed by atoms with Gasteiger partial charge in [0, 0.05) is 28.1 Å². The van der Waals surface area contributed by atoms with Gasteiger partial charge >= 0.3 is 5.97 Å². The van der Waals surface area contributed by atoms with Crippen molar-refractivity contribution in [2.45, 2.75) is 6.42 Å². The summed E-state index contributed by atoms with van der Waals surface area (Å²) >= 11 is 1.26. The molecule has 0 fully saturated rings. The van der Waals surface area contributed by atoms with Crippen LogP contribution in [-0.2, 0) is 20.4 Å². The van der Waals surface area contributed by atoms with Crippen LogP contribution in [0.25, 0.3) is 0 Å². The summed E-state index contributed by atoms with van der Waals surface area (Å²) in [5, 5.41) is 13.0. The Kier molecular flexibility index (Phi) is 5.06. The van der Waals surface area contributed by atoms with Crippen molar-refractivity contribution in [3.63, 3.8) is 0 Å². The van der Waals surface area contributed by atoms with Crippen LogP contribution in [0.5, 0.6) is 0 Å². The number of nitrogens with zero attached hydrogens (tertiary/aromatic N) is 1. The molecule has 1 atom stereocenters. The van der Waals surface area contributed by atoms with E-state index in [-0.39, 0.29) is 17.9 Å². The van der Waals surface area contributed by atoms with E-state index < -0.39 is 22.7 Å². The second-order valence-electron chi connectivity index (χ2n) is 2.82. The van der Waals surface area contributed by atoms with Gasteiger partial charge in [0.05, 0.1) is 6.42 Å². The number of carbonyl (C=O) groups excluding carboxylic acids is 1. The normalized spacial score (nSPS) is 12.0. The standard InChI is InChI=1S/C8H10N2O4S2/c11-6(10-8-9-2-3-15-8)5-16(14)4-1-7(12)13/h2-3H,1,4-5H2,(H,12,13)(H,9,10,11). The van der Waals surface area contributed by atoms with E-state index >= 15 is 0 Å². The number of nitrogens with one attached hydrogen (secondary N) is 1. The SMILES string of the molecule is O=C(O)CCS(=O)CC(=O)Nc1nccs1. The molecule has 16 heavy (non-hydrogen) atoms. The minimum atomic E-state index is -1.45. The summed E-state index contributed by atoms with van der Waals surface area (Å²) in [5.74, 6) is -1.65. The zero-order valence-electron chi connectivity index (χ0n) is 8.21. The predicted molar refractivity (Wildman–Crippen MR) is 60.9 cm³/mol. The highest BCUT2D eigenvalue weighted by molar-refractivity contribution is 7.85. The largest absolute Gasteiger partial charge is 0.481 e. The van der Waals surface area contributed by atoms with Gasteiger partial charge in [0.1, 0.15) is 5.75 Å². The van der Waals surface area contributed by atoms with Gasteiger partial charge in [0.25, 0.3) is 0 Å². The van der Waals surface area contributed by atoms with Gasteiger partial charge in [-0.1, -0.05) is 0 Å². The lowest BCUT2D eigenvalue weighted by molar-refractivity contribution is -0.136. The minimum Gasteiger partial charge on any atom is -0.481 e. The highest BCUT2D eigenvalue weighted by Crippen LogP contribution is 2.09. The van der Waals surface area contributed by atoms with Crippen LogP contribution in [0.4, 0.5) is 5.13 Å². The highest BCUT2D eigenvalue weighted by Gasteiger charge is 2.10. The summed E-state index contributed by atoms with van der Waals surface area (Å²) in [6, 6.07) is 0. The zero-order valence-corrected chi connectivity index (χ0v) is 9.84. The van der Waals surface area contributed by atoms with Gasteiger partial charge in [-0.05, 0) is 0 Å². The van der Waals surface area contributed by atoms with Gasteiger partial charge in [-0.25, -0.2) is 4.98 Å². The van der Waals surface area contributed by atoms with Crippen LogP contribution < -0.4 is 5.32 Å². The maximum absolute atomic E-state index is 11.3. The van der Waals surface area contributed by atoms with Gasteiger partial charge in [-0.15, -0.1) is 11.3 Å². The number of anilines is 1. The molecule has 0 radical (unpaired) electrons. The fourth-order valence-corrected chi connectivity index (χ4v) is 2.32. The molecule has 2 N–H and O–H groups in total. The van der Waals surface area contributed by atoms with Crippen LogP contribution in [0.15, 0.2) is 11.6 Å². The van der Waals surface area contributed by atoms with E-state index in [0.29, 0.717) is 5.13 Å². The molecule has 0 aromatic carbocycles. The molecule has 1 rings (SSSR count). The first-order valence-corrected chi connectivity index (χ1v) is 6.71. The molecule has 8 heteroatoms. The number of hydrogen-bond donors (Lipinski definition) is 2. The summed E-state index contributed by atoms with van der Waals surface area (Å²) in [4.78, 5) is 25.3. The Bertz CT molecular complexity index is 391. The number of hydrogen-bond acceptors (Lipinski definition) is 5. The molecule has 1 unspecified atom stereocenters. The molecular formula is C8H10N2O4S2. The number of amides is 1. The zero-order chi connectivity index (χ0) is 12.0. The van der Waals surface area contributed by atoms with Crippen LogP contribution in [0.3, 0.4) is 0 Å². The van der Waals surface area contributed by atoms with Crippen molar-refractivity contribution in [1.29, 1.82) is 0 Å². The van der Waals surface area contributed by atoms with Gasteiger partial charge < -0.3 is 10.4 Å². The fourth-order valence-electron chi connectivity index (χ4n) is 0.860. The van der Waals surface area contributed by atoms with Crippen LogP contribution in [0, 0.1) is 0 Å². The first-order chi connectivity index (χ1) is 7.58. The van der Waals surface area contributed by atoms with E-state index in [1.165, 1.54) is 11.3 Å². The molecule has 1 aromatic rings. The summed E-state index contributed by atoms with van der Waals surface area (Å²) < 4.78 is 11.3. The molecule has 1 heterocycles. The summed E-state index contributed by atoms with van der Waals surface area (Å²) in [6.45, 7) is 0. The summed E-state index contributed by atoms with van der Waals surface area (Å²) in [7, 11) is -1.45. The van der Waals surface area contributed by atoms with Gasteiger partial charge in [0.15, 0.2) is 5.13 Å². The third kappa shape index (κ3) is 4.99. The summed E-state index contributed by atoms with van der Waals surface area (Å²) in [5.41, 5.74) is 0. The second kappa shape index (κ2) is 6.33. The molecular weight excluding hydrogens is 252 g/mol. The van der Waals surface area contributed by atoms with Crippen molar-refractivity contribution in [1.82, 2.24) is 4.98 Å². The van der Waals surface area contributed by atoms with E-state index in [0.717, 1.165) is 0 Å². The maximum Gasteiger partial charge on any atom is 0.304 e. The van der Waals surface area contributed by atoms with Gasteiger partial charge in [0.2, 0.25) is 5.91 Å². The number of aromatic nitrogens is 1. The average Bonchev–Trinajstić information content (AvgIpc) is 2.67. The monoisotopic (exact) mass is 262 g/mol. The van der Waals surface area contributed by atoms with Gasteiger partial charge in [-0.2, -0.15) is 0 Å². The van der Waals surface area contributed by atoms with Crippen LogP contribution >= 0.6 is 11.3 Å². The molecule has 0 aliphatic carbocycles. The fraction of sp³-hybridized carbons (Fsp3) is 0.375. The molecule has 88 valence electrons. The van der Waals surface area contributed by atoms with E-state index in [1.807, 2.05) is 0 Å². The van der Waals surface area contributed by atoms with E-state index in [9.17, 15) is 13.8 Å². The quantitative estimate of drug-likeness (QED) is 0.769. The molecule has 1 amide bonds. The molecule has 0 saturated carbocycles. The number of thiazole rings is 1. The predicted octanol–water partition coefficient (Wildman–Crippen LogP) is 0.305. The molecule has 0 spiro atoms. The Morgan fingerprint density at radius 2 is 2.31 bits per heavy atom. The van der Waals surface area contributed by atoms with Crippen molar-refractivity contribution in [2.75, 3.05) is 16.8 Å². The molecule has 1 aromatic heterocycles. The molecule has 0 bridgehead atoms. The number of aliphatic carboxylic acids is 1. The third-order valence-corrected chi connectivity index (χ3v) is 3.45. The van der Waals surface area contributed by atoms with E-state index in [1.54, 1.807) is 11.6 Å². The number of carbonyl (C=O) groups is 2. The van der Waals surface area contributed by atoms with Crippen molar-refractivity contribution >= 4 is 39.1 Å². The Morgan fingerprint density at radius 1 is 1.56 bits per heavy atom. The average molecular weight is 262 g/mol. The van der Waals surface area contributed by atoms with Crippen molar-refractivity contribution in [2.24, 2.45) is 0 Å². The lowest BCUT2D eigenvalue weighted by atomic mass is 10.5. The first-order valence-electron chi connectivity index (χ1n) is 4.34. The number of carboxylic acids is 1. The van der Waals surface area contributed by atoms with E-state index in [4.69, 9.17) is 5.11 Å². The molecule has 0 aliphatic rings. The molecule has 0 aliphatic heterocycles. The van der Waals surface area contributed by atoms with Crippen molar-refractivity contribution in [3.8, 4) is 0 Å². The Hall–Kier alpha value is -1.28. The third-order valence-electron chi connectivity index (χ3n) is 1.51. The second-order valence-corrected chi connectivity index (χ2v) is 5.29. The lowest BCUT2D eigenvalue weighted by Gasteiger charge is -2.00. The smallest absolute Gasteiger partial charge is 0.304 e. The van der Waals surface area contributed by atoms with Crippen LogP contribution in [0.1, 0.15) is 6.42 Å². The Morgan fingerprint density at radius 3 is 2.88 bits per heavy atom. The lowest BCUT2D eigenvalue weighted by Crippen LogP contribution is -2.21. The molecule has 6 nitrogen and oxygen atoms in total.